The minimum Gasteiger partial charge on any atom is -0.386 e. The van der Waals surface area contributed by atoms with Gasteiger partial charge in [-0.1, -0.05) is 64.5 Å². The van der Waals surface area contributed by atoms with E-state index in [1.165, 1.54) is 38.0 Å². The maximum atomic E-state index is 10.9. The largest absolute Gasteiger partial charge is 0.386 e. The zero-order valence-electron chi connectivity index (χ0n) is 16.8. The molecule has 146 valence electrons. The molecule has 30 heavy (non-hydrogen) atoms. The predicted octanol–water partition coefficient (Wildman–Crippen LogP) is 7.49. The molecule has 0 aliphatic rings. The van der Waals surface area contributed by atoms with Crippen molar-refractivity contribution in [3.63, 3.8) is 0 Å². The van der Waals surface area contributed by atoms with Gasteiger partial charge in [-0.3, -0.25) is 0 Å². The van der Waals surface area contributed by atoms with Gasteiger partial charge in [-0.2, -0.15) is 0 Å². The molecule has 4 aromatic carbocycles. The number of aliphatic hydroxyl groups is 1. The Morgan fingerprint density at radius 3 is 2.33 bits per heavy atom. The SMILES string of the molecule is CC(C)(O)c1cc(Br)ccc1-c1cn2c3ccccc3c3c4ccccc4cc1c32. The molecule has 0 spiro atoms. The normalized spacial score (nSPS) is 12.7. The Hall–Kier alpha value is -2.88. The van der Waals surface area contributed by atoms with E-state index in [4.69, 9.17) is 0 Å². The van der Waals surface area contributed by atoms with Crippen molar-refractivity contribution in [3.05, 3.63) is 89.0 Å². The fourth-order valence-corrected chi connectivity index (χ4v) is 5.25. The first-order valence-electron chi connectivity index (χ1n) is 10.1. The van der Waals surface area contributed by atoms with Crippen molar-refractivity contribution in [2.45, 2.75) is 19.4 Å². The minimum absolute atomic E-state index is 0.916. The lowest BCUT2D eigenvalue weighted by atomic mass is 9.89. The number of hydrogen-bond acceptors (Lipinski definition) is 1. The second-order valence-electron chi connectivity index (χ2n) is 8.55. The van der Waals surface area contributed by atoms with Gasteiger partial charge in [-0.05, 0) is 60.0 Å². The van der Waals surface area contributed by atoms with Crippen molar-refractivity contribution >= 4 is 53.9 Å². The molecule has 0 amide bonds. The van der Waals surface area contributed by atoms with Gasteiger partial charge in [0, 0.05) is 32.4 Å². The molecule has 0 aliphatic carbocycles. The van der Waals surface area contributed by atoms with E-state index in [0.29, 0.717) is 0 Å². The van der Waals surface area contributed by atoms with E-state index in [-0.39, 0.29) is 0 Å². The van der Waals surface area contributed by atoms with Crippen molar-refractivity contribution in [1.29, 1.82) is 0 Å². The maximum Gasteiger partial charge on any atom is 0.0846 e. The van der Waals surface area contributed by atoms with Crippen LogP contribution in [0.2, 0.25) is 0 Å². The molecule has 1 N–H and O–H groups in total. The van der Waals surface area contributed by atoms with Crippen LogP contribution < -0.4 is 0 Å². The number of rotatable bonds is 2. The fourth-order valence-electron chi connectivity index (χ4n) is 4.89. The summed E-state index contributed by atoms with van der Waals surface area (Å²) in [7, 11) is 0. The van der Waals surface area contributed by atoms with E-state index in [1.54, 1.807) is 0 Å². The number of nitrogens with zero attached hydrogens (tertiary/aromatic N) is 1. The molecule has 0 radical (unpaired) electrons. The Kier molecular flexibility index (Phi) is 3.63. The van der Waals surface area contributed by atoms with Gasteiger partial charge >= 0.3 is 0 Å². The number of fused-ring (bicyclic) bond motifs is 5. The zero-order valence-corrected chi connectivity index (χ0v) is 18.4. The second-order valence-corrected chi connectivity index (χ2v) is 9.46. The van der Waals surface area contributed by atoms with E-state index in [2.05, 4.69) is 93.3 Å². The molecule has 6 rings (SSSR count). The number of halogens is 1. The van der Waals surface area contributed by atoms with Crippen molar-refractivity contribution in [1.82, 2.24) is 4.40 Å². The van der Waals surface area contributed by atoms with Gasteiger partial charge in [0.05, 0.1) is 16.6 Å². The average molecular weight is 454 g/mol. The number of aromatic nitrogens is 1. The summed E-state index contributed by atoms with van der Waals surface area (Å²) < 4.78 is 3.29. The molecule has 0 bridgehead atoms. The van der Waals surface area contributed by atoms with E-state index >= 15 is 0 Å². The Bertz CT molecular complexity index is 1570. The molecule has 2 nitrogen and oxygen atoms in total. The quantitative estimate of drug-likeness (QED) is 0.288. The van der Waals surface area contributed by atoms with Gasteiger partial charge in [0.25, 0.3) is 0 Å². The zero-order chi connectivity index (χ0) is 20.6. The number of hydrogen-bond donors (Lipinski definition) is 1. The lowest BCUT2D eigenvalue weighted by molar-refractivity contribution is 0.0791. The van der Waals surface area contributed by atoms with Crippen LogP contribution in [0.1, 0.15) is 19.4 Å². The predicted molar refractivity (Wildman–Crippen MR) is 129 cm³/mol. The highest BCUT2D eigenvalue weighted by Gasteiger charge is 2.25. The number of para-hydroxylation sites is 1. The summed E-state index contributed by atoms with van der Waals surface area (Å²) in [5, 5.41) is 17.2. The summed E-state index contributed by atoms with van der Waals surface area (Å²) in [5.41, 5.74) is 4.64. The summed E-state index contributed by atoms with van der Waals surface area (Å²) in [4.78, 5) is 0. The first kappa shape index (κ1) is 17.9. The summed E-state index contributed by atoms with van der Waals surface area (Å²) in [6.45, 7) is 3.69. The number of benzene rings is 4. The monoisotopic (exact) mass is 453 g/mol. The van der Waals surface area contributed by atoms with Crippen molar-refractivity contribution < 1.29 is 5.11 Å². The summed E-state index contributed by atoms with van der Waals surface area (Å²) >= 11 is 3.58. The third-order valence-electron chi connectivity index (χ3n) is 6.18. The summed E-state index contributed by atoms with van der Waals surface area (Å²) in [5.74, 6) is 0. The lowest BCUT2D eigenvalue weighted by Gasteiger charge is -2.22. The molecular weight excluding hydrogens is 434 g/mol. The van der Waals surface area contributed by atoms with Crippen LogP contribution in [0.5, 0.6) is 0 Å². The van der Waals surface area contributed by atoms with Crippen LogP contribution in [0, 0.1) is 0 Å². The van der Waals surface area contributed by atoms with Crippen LogP contribution in [0.15, 0.2) is 83.5 Å². The van der Waals surface area contributed by atoms with Crippen LogP contribution in [0.4, 0.5) is 0 Å². The molecule has 0 saturated heterocycles. The van der Waals surface area contributed by atoms with Crippen LogP contribution >= 0.6 is 15.9 Å². The Balaban J connectivity index is 1.84. The molecule has 3 heteroatoms. The Labute approximate surface area is 182 Å². The second kappa shape index (κ2) is 6.07. The molecule has 0 fully saturated rings. The van der Waals surface area contributed by atoms with Gasteiger partial charge in [0.2, 0.25) is 0 Å². The summed E-state index contributed by atoms with van der Waals surface area (Å²) in [6.07, 6.45) is 2.23. The van der Waals surface area contributed by atoms with Crippen molar-refractivity contribution in [3.8, 4) is 11.1 Å². The van der Waals surface area contributed by atoms with Gasteiger partial charge in [-0.25, -0.2) is 0 Å². The first-order valence-corrected chi connectivity index (χ1v) is 10.9. The topological polar surface area (TPSA) is 24.6 Å². The Morgan fingerprint density at radius 1 is 0.800 bits per heavy atom. The molecule has 2 aromatic heterocycles. The average Bonchev–Trinajstić information content (AvgIpc) is 3.26. The highest BCUT2D eigenvalue weighted by molar-refractivity contribution is 9.10. The summed E-state index contributed by atoms with van der Waals surface area (Å²) in [6, 6.07) is 25.7. The molecule has 6 aromatic rings. The van der Waals surface area contributed by atoms with E-state index in [1.807, 2.05) is 19.9 Å². The van der Waals surface area contributed by atoms with Crippen LogP contribution in [0.3, 0.4) is 0 Å². The van der Waals surface area contributed by atoms with Crippen molar-refractivity contribution in [2.24, 2.45) is 0 Å². The fraction of sp³-hybridized carbons (Fsp3) is 0.111. The third kappa shape index (κ3) is 2.39. The molecule has 0 aliphatic heterocycles. The van der Waals surface area contributed by atoms with E-state index in [9.17, 15) is 5.11 Å². The van der Waals surface area contributed by atoms with Crippen molar-refractivity contribution in [2.75, 3.05) is 0 Å². The van der Waals surface area contributed by atoms with Gasteiger partial charge in [0.1, 0.15) is 0 Å². The standard InChI is InChI=1S/C27H20BrNO/c1-27(2,30)23-14-17(28)11-12-19(23)22-15-29-24-10-6-5-9-20(24)25-18-8-4-3-7-16(18)13-21(22)26(25)29/h3-15,30H,1-2H3. The highest BCUT2D eigenvalue weighted by Crippen LogP contribution is 2.44. The van der Waals surface area contributed by atoms with Gasteiger partial charge in [-0.15, -0.1) is 0 Å². The minimum atomic E-state index is -0.949. The molecular formula is C27H20BrNO. The van der Waals surface area contributed by atoms with Gasteiger partial charge < -0.3 is 9.51 Å². The molecule has 2 heterocycles. The van der Waals surface area contributed by atoms with Gasteiger partial charge in [0.15, 0.2) is 0 Å². The van der Waals surface area contributed by atoms with Crippen LogP contribution in [-0.4, -0.2) is 9.51 Å². The third-order valence-corrected chi connectivity index (χ3v) is 6.67. The smallest absolute Gasteiger partial charge is 0.0846 e. The first-order chi connectivity index (χ1) is 14.4. The lowest BCUT2D eigenvalue weighted by Crippen LogP contribution is -2.16. The molecule has 0 saturated carbocycles. The highest BCUT2D eigenvalue weighted by atomic mass is 79.9. The van der Waals surface area contributed by atoms with Crippen LogP contribution in [0.25, 0.3) is 49.1 Å². The molecule has 0 atom stereocenters. The van der Waals surface area contributed by atoms with Crippen LogP contribution in [-0.2, 0) is 5.60 Å². The maximum absolute atomic E-state index is 10.9. The Morgan fingerprint density at radius 2 is 1.53 bits per heavy atom. The molecule has 0 unspecified atom stereocenters. The van der Waals surface area contributed by atoms with E-state index in [0.717, 1.165) is 21.2 Å². The van der Waals surface area contributed by atoms with E-state index < -0.39 is 5.60 Å².